The number of carbonyl (C=O) groups is 3. The third-order valence-corrected chi connectivity index (χ3v) is 4.28. The van der Waals surface area contributed by atoms with Crippen molar-refractivity contribution in [1.82, 2.24) is 4.98 Å². The Hall–Kier alpha value is -3.16. The van der Waals surface area contributed by atoms with Crippen molar-refractivity contribution >= 4 is 23.5 Å². The predicted molar refractivity (Wildman–Crippen MR) is 105 cm³/mol. The van der Waals surface area contributed by atoms with Crippen LogP contribution in [0.4, 0.5) is 10.1 Å². The standard InChI is InChI=1S/C21H25FN2O5/c1-10(2)28-20(26)17-12(4)18(23-13(17)5)21(27)29-14(6)19(25)24-15-8-7-11(3)16(22)9-15/h7-10,14,23H,1-6H3,(H,24,25)/t14-/m1/s1. The fourth-order valence-electron chi connectivity index (χ4n) is 2.72. The van der Waals surface area contributed by atoms with Crippen LogP contribution in [-0.2, 0) is 14.3 Å². The minimum absolute atomic E-state index is 0.0687. The summed E-state index contributed by atoms with van der Waals surface area (Å²) in [6.45, 7) is 9.70. The fourth-order valence-corrected chi connectivity index (χ4v) is 2.72. The molecule has 0 saturated heterocycles. The summed E-state index contributed by atoms with van der Waals surface area (Å²) in [4.78, 5) is 39.8. The van der Waals surface area contributed by atoms with Crippen LogP contribution in [0.25, 0.3) is 0 Å². The molecule has 0 unspecified atom stereocenters. The molecular formula is C21H25FN2O5. The SMILES string of the molecule is Cc1ccc(NC(=O)[C@@H](C)OC(=O)c2[nH]c(C)c(C(=O)OC(C)C)c2C)cc1F. The molecule has 0 saturated carbocycles. The second-order valence-corrected chi connectivity index (χ2v) is 7.08. The molecule has 0 aliphatic heterocycles. The largest absolute Gasteiger partial charge is 0.459 e. The Balaban J connectivity index is 2.10. The second kappa shape index (κ2) is 8.89. The number of benzene rings is 1. The van der Waals surface area contributed by atoms with Crippen molar-refractivity contribution < 1.29 is 28.2 Å². The number of hydrogen-bond donors (Lipinski definition) is 2. The molecular weight excluding hydrogens is 379 g/mol. The van der Waals surface area contributed by atoms with Gasteiger partial charge in [-0.1, -0.05) is 6.07 Å². The highest BCUT2D eigenvalue weighted by molar-refractivity contribution is 6.00. The molecule has 2 rings (SSSR count). The van der Waals surface area contributed by atoms with Gasteiger partial charge in [0, 0.05) is 11.4 Å². The van der Waals surface area contributed by atoms with Crippen molar-refractivity contribution in [2.45, 2.75) is 53.8 Å². The van der Waals surface area contributed by atoms with E-state index in [0.717, 1.165) is 0 Å². The normalized spacial score (nSPS) is 11.9. The van der Waals surface area contributed by atoms with Gasteiger partial charge in [-0.25, -0.2) is 14.0 Å². The number of nitrogens with one attached hydrogen (secondary N) is 2. The molecule has 29 heavy (non-hydrogen) atoms. The Kier molecular flexibility index (Phi) is 6.79. The lowest BCUT2D eigenvalue weighted by Crippen LogP contribution is -2.30. The maximum atomic E-state index is 13.6. The minimum atomic E-state index is -1.14. The monoisotopic (exact) mass is 404 g/mol. The highest BCUT2D eigenvalue weighted by Gasteiger charge is 2.27. The molecule has 1 aromatic carbocycles. The number of amides is 1. The van der Waals surface area contributed by atoms with Crippen LogP contribution in [0, 0.1) is 26.6 Å². The maximum absolute atomic E-state index is 13.6. The highest BCUT2D eigenvalue weighted by Crippen LogP contribution is 2.21. The zero-order valence-corrected chi connectivity index (χ0v) is 17.3. The van der Waals surface area contributed by atoms with Gasteiger partial charge < -0.3 is 19.8 Å². The van der Waals surface area contributed by atoms with Crippen molar-refractivity contribution in [3.8, 4) is 0 Å². The minimum Gasteiger partial charge on any atom is -0.459 e. The molecule has 0 spiro atoms. The van der Waals surface area contributed by atoms with Crippen molar-refractivity contribution in [3.05, 3.63) is 52.1 Å². The van der Waals surface area contributed by atoms with Crippen LogP contribution < -0.4 is 5.32 Å². The van der Waals surface area contributed by atoms with Crippen LogP contribution in [0.5, 0.6) is 0 Å². The summed E-state index contributed by atoms with van der Waals surface area (Å²) in [5, 5.41) is 2.50. The van der Waals surface area contributed by atoms with E-state index in [0.29, 0.717) is 16.8 Å². The van der Waals surface area contributed by atoms with E-state index >= 15 is 0 Å². The Morgan fingerprint density at radius 3 is 2.28 bits per heavy atom. The van der Waals surface area contributed by atoms with Gasteiger partial charge in [-0.2, -0.15) is 0 Å². The van der Waals surface area contributed by atoms with Crippen molar-refractivity contribution in [1.29, 1.82) is 0 Å². The molecule has 0 fully saturated rings. The molecule has 0 aliphatic carbocycles. The summed E-state index contributed by atoms with van der Waals surface area (Å²) in [6.07, 6.45) is -1.44. The summed E-state index contributed by atoms with van der Waals surface area (Å²) in [6, 6.07) is 4.27. The number of aromatic amines is 1. The van der Waals surface area contributed by atoms with Gasteiger partial charge >= 0.3 is 11.9 Å². The van der Waals surface area contributed by atoms with Crippen LogP contribution in [0.1, 0.15) is 58.4 Å². The van der Waals surface area contributed by atoms with Crippen molar-refractivity contribution in [2.75, 3.05) is 5.32 Å². The Bertz CT molecular complexity index is 949. The Morgan fingerprint density at radius 2 is 1.69 bits per heavy atom. The molecule has 2 N–H and O–H groups in total. The summed E-state index contributed by atoms with van der Waals surface area (Å²) in [5.41, 5.74) is 1.88. The smallest absolute Gasteiger partial charge is 0.355 e. The topological polar surface area (TPSA) is 97.5 Å². The number of carbonyl (C=O) groups excluding carboxylic acids is 3. The first-order chi connectivity index (χ1) is 13.5. The molecule has 1 heterocycles. The number of anilines is 1. The molecule has 8 heteroatoms. The van der Waals surface area contributed by atoms with E-state index in [4.69, 9.17) is 9.47 Å². The average molecular weight is 404 g/mol. The van der Waals surface area contributed by atoms with Gasteiger partial charge in [0.25, 0.3) is 5.91 Å². The number of esters is 2. The van der Waals surface area contributed by atoms with Crippen molar-refractivity contribution in [3.63, 3.8) is 0 Å². The van der Waals surface area contributed by atoms with Gasteiger partial charge in [0.15, 0.2) is 6.10 Å². The van der Waals surface area contributed by atoms with Gasteiger partial charge in [-0.05, 0) is 64.8 Å². The third-order valence-electron chi connectivity index (χ3n) is 4.28. The molecule has 1 amide bonds. The Morgan fingerprint density at radius 1 is 1.03 bits per heavy atom. The van der Waals surface area contributed by atoms with E-state index < -0.39 is 29.8 Å². The third kappa shape index (κ3) is 5.22. The quantitative estimate of drug-likeness (QED) is 0.713. The van der Waals surface area contributed by atoms with E-state index in [1.807, 2.05) is 0 Å². The zero-order valence-electron chi connectivity index (χ0n) is 17.3. The van der Waals surface area contributed by atoms with Crippen LogP contribution in [0.3, 0.4) is 0 Å². The lowest BCUT2D eigenvalue weighted by molar-refractivity contribution is -0.123. The lowest BCUT2D eigenvalue weighted by atomic mass is 10.1. The molecule has 1 aromatic heterocycles. The first-order valence-electron chi connectivity index (χ1n) is 9.19. The average Bonchev–Trinajstić information content (AvgIpc) is 2.92. The summed E-state index contributed by atoms with van der Waals surface area (Å²) in [7, 11) is 0. The summed E-state index contributed by atoms with van der Waals surface area (Å²) in [5.74, 6) is -2.39. The predicted octanol–water partition coefficient (Wildman–Crippen LogP) is 3.83. The van der Waals surface area contributed by atoms with Crippen LogP contribution in [-0.4, -0.2) is 35.0 Å². The van der Waals surface area contributed by atoms with Gasteiger partial charge in [-0.3, -0.25) is 4.79 Å². The molecule has 7 nitrogen and oxygen atoms in total. The molecule has 0 aliphatic rings. The Labute approximate surface area is 168 Å². The van der Waals surface area contributed by atoms with E-state index in [9.17, 15) is 18.8 Å². The van der Waals surface area contributed by atoms with Gasteiger partial charge in [0.1, 0.15) is 11.5 Å². The maximum Gasteiger partial charge on any atom is 0.355 e. The number of H-pyrrole nitrogens is 1. The number of aryl methyl sites for hydroxylation is 2. The fraction of sp³-hybridized carbons (Fsp3) is 0.381. The van der Waals surface area contributed by atoms with Crippen molar-refractivity contribution in [2.24, 2.45) is 0 Å². The molecule has 156 valence electrons. The molecule has 2 aromatic rings. The van der Waals surface area contributed by atoms with Crippen LogP contribution in [0.2, 0.25) is 0 Å². The number of rotatable bonds is 6. The van der Waals surface area contributed by atoms with E-state index in [-0.39, 0.29) is 23.0 Å². The van der Waals surface area contributed by atoms with E-state index in [1.165, 1.54) is 19.1 Å². The summed E-state index contributed by atoms with van der Waals surface area (Å²) < 4.78 is 24.0. The van der Waals surface area contributed by atoms with Gasteiger partial charge in [0.05, 0.1) is 11.7 Å². The first-order valence-corrected chi connectivity index (χ1v) is 9.19. The number of halogens is 1. The zero-order chi connectivity index (χ0) is 21.9. The second-order valence-electron chi connectivity index (χ2n) is 7.08. The van der Waals surface area contributed by atoms with Gasteiger partial charge in [0.2, 0.25) is 0 Å². The number of hydrogen-bond acceptors (Lipinski definition) is 5. The highest BCUT2D eigenvalue weighted by atomic mass is 19.1. The first kappa shape index (κ1) is 22.1. The van der Waals surface area contributed by atoms with Crippen LogP contribution >= 0.6 is 0 Å². The number of ether oxygens (including phenoxy) is 2. The van der Waals surface area contributed by atoms with Crippen LogP contribution in [0.15, 0.2) is 18.2 Å². The van der Waals surface area contributed by atoms with E-state index in [2.05, 4.69) is 10.3 Å². The van der Waals surface area contributed by atoms with E-state index in [1.54, 1.807) is 40.7 Å². The summed E-state index contributed by atoms with van der Waals surface area (Å²) >= 11 is 0. The molecule has 1 atom stereocenters. The molecule has 0 radical (unpaired) electrons. The molecule has 0 bridgehead atoms. The lowest BCUT2D eigenvalue weighted by Gasteiger charge is -2.14. The number of aromatic nitrogens is 1. The van der Waals surface area contributed by atoms with Gasteiger partial charge in [-0.15, -0.1) is 0 Å².